The first-order valence-corrected chi connectivity index (χ1v) is 6.40. The molecule has 6 nitrogen and oxygen atoms in total. The minimum atomic E-state index is 0.495. The van der Waals surface area contributed by atoms with Crippen LogP contribution in [0.4, 0.5) is 0 Å². The Balaban J connectivity index is 2.05. The predicted molar refractivity (Wildman–Crippen MR) is 77.2 cm³/mol. The Morgan fingerprint density at radius 3 is 2.67 bits per heavy atom. The number of aromatic nitrogens is 4. The van der Waals surface area contributed by atoms with Crippen molar-refractivity contribution in [1.82, 2.24) is 20.2 Å². The normalized spacial score (nSPS) is 10.3. The quantitative estimate of drug-likeness (QED) is 0.785. The summed E-state index contributed by atoms with van der Waals surface area (Å²) in [5.74, 6) is 0.619. The van der Waals surface area contributed by atoms with Gasteiger partial charge in [-0.1, -0.05) is 30.3 Å². The number of tetrazole rings is 1. The van der Waals surface area contributed by atoms with Crippen LogP contribution in [0.15, 0.2) is 48.5 Å². The van der Waals surface area contributed by atoms with Crippen LogP contribution >= 0.6 is 0 Å². The van der Waals surface area contributed by atoms with Crippen LogP contribution in [0.25, 0.3) is 17.1 Å². The van der Waals surface area contributed by atoms with Gasteiger partial charge >= 0.3 is 0 Å². The summed E-state index contributed by atoms with van der Waals surface area (Å²) in [5, 5.41) is 20.8. The Morgan fingerprint density at radius 2 is 1.95 bits per heavy atom. The zero-order valence-corrected chi connectivity index (χ0v) is 11.1. The molecular weight excluding hydrogens is 264 g/mol. The molecule has 0 saturated carbocycles. The van der Waals surface area contributed by atoms with Gasteiger partial charge in [-0.15, -0.1) is 5.10 Å². The summed E-state index contributed by atoms with van der Waals surface area (Å²) >= 11 is 0. The van der Waals surface area contributed by atoms with Gasteiger partial charge in [-0.05, 0) is 34.2 Å². The molecule has 0 aliphatic rings. The van der Waals surface area contributed by atoms with E-state index in [4.69, 9.17) is 11.0 Å². The van der Waals surface area contributed by atoms with Gasteiger partial charge in [0, 0.05) is 12.1 Å². The second-order valence-corrected chi connectivity index (χ2v) is 4.48. The van der Waals surface area contributed by atoms with E-state index < -0.39 is 0 Å². The van der Waals surface area contributed by atoms with Crippen molar-refractivity contribution in [2.45, 2.75) is 6.54 Å². The number of rotatable bonds is 3. The van der Waals surface area contributed by atoms with E-state index in [0.717, 1.165) is 16.8 Å². The number of nitriles is 1. The molecule has 0 bridgehead atoms. The van der Waals surface area contributed by atoms with E-state index in [1.165, 1.54) is 0 Å². The third-order valence-electron chi connectivity index (χ3n) is 3.14. The number of nitrogens with two attached hydrogens (primary N) is 1. The maximum atomic E-state index is 8.98. The topological polar surface area (TPSA) is 93.4 Å². The molecule has 3 aromatic rings. The highest BCUT2D eigenvalue weighted by Gasteiger charge is 2.11. The first-order chi connectivity index (χ1) is 10.3. The fraction of sp³-hybridized carbons (Fsp3) is 0.0667. The van der Waals surface area contributed by atoms with E-state index in [-0.39, 0.29) is 0 Å². The van der Waals surface area contributed by atoms with Gasteiger partial charge in [0.2, 0.25) is 0 Å². The lowest BCUT2D eigenvalue weighted by molar-refractivity contribution is 0.791. The highest BCUT2D eigenvalue weighted by molar-refractivity contribution is 5.58. The van der Waals surface area contributed by atoms with Crippen molar-refractivity contribution in [3.8, 4) is 23.1 Å². The number of hydrogen-bond donors (Lipinski definition) is 1. The molecule has 0 saturated heterocycles. The van der Waals surface area contributed by atoms with Crippen molar-refractivity contribution in [3.05, 3.63) is 59.7 Å². The zero-order chi connectivity index (χ0) is 14.7. The molecule has 21 heavy (non-hydrogen) atoms. The average molecular weight is 276 g/mol. The summed E-state index contributed by atoms with van der Waals surface area (Å²) in [5.41, 5.74) is 8.84. The van der Waals surface area contributed by atoms with E-state index in [1.54, 1.807) is 22.9 Å². The third-order valence-corrected chi connectivity index (χ3v) is 3.14. The fourth-order valence-corrected chi connectivity index (χ4v) is 2.04. The Morgan fingerprint density at radius 1 is 1.14 bits per heavy atom. The molecule has 0 fully saturated rings. The largest absolute Gasteiger partial charge is 0.326 e. The summed E-state index contributed by atoms with van der Waals surface area (Å²) in [7, 11) is 0. The minimum Gasteiger partial charge on any atom is -0.326 e. The number of benzene rings is 2. The minimum absolute atomic E-state index is 0.495. The van der Waals surface area contributed by atoms with Crippen molar-refractivity contribution in [3.63, 3.8) is 0 Å². The van der Waals surface area contributed by atoms with E-state index in [0.29, 0.717) is 17.9 Å². The maximum Gasteiger partial charge on any atom is 0.187 e. The van der Waals surface area contributed by atoms with Crippen molar-refractivity contribution in [2.75, 3.05) is 0 Å². The Kier molecular flexibility index (Phi) is 3.41. The van der Waals surface area contributed by atoms with Crippen molar-refractivity contribution in [2.24, 2.45) is 5.73 Å². The molecule has 0 spiro atoms. The van der Waals surface area contributed by atoms with E-state index in [9.17, 15) is 0 Å². The Bertz CT molecular complexity index is 798. The molecule has 0 amide bonds. The second kappa shape index (κ2) is 5.53. The van der Waals surface area contributed by atoms with Crippen molar-refractivity contribution in [1.29, 1.82) is 5.26 Å². The maximum absolute atomic E-state index is 8.98. The highest BCUT2D eigenvalue weighted by Crippen LogP contribution is 2.20. The molecular formula is C15H12N6. The summed E-state index contributed by atoms with van der Waals surface area (Å²) in [6.45, 7) is 0.495. The second-order valence-electron chi connectivity index (χ2n) is 4.48. The van der Waals surface area contributed by atoms with Crippen LogP contribution in [0, 0.1) is 11.3 Å². The van der Waals surface area contributed by atoms with E-state index in [1.807, 2.05) is 30.3 Å². The van der Waals surface area contributed by atoms with Gasteiger partial charge in [-0.3, -0.25) is 0 Å². The SMILES string of the molecule is N#Cc1cccc(-n2nnnc2-c2ccc(CN)cc2)c1. The van der Waals surface area contributed by atoms with Crippen LogP contribution in [-0.2, 0) is 6.54 Å². The van der Waals surface area contributed by atoms with Gasteiger partial charge in [0.15, 0.2) is 5.82 Å². The predicted octanol–water partition coefficient (Wildman–Crippen LogP) is 1.66. The van der Waals surface area contributed by atoms with Crippen LogP contribution < -0.4 is 5.73 Å². The third kappa shape index (κ3) is 2.50. The lowest BCUT2D eigenvalue weighted by Gasteiger charge is -2.05. The molecule has 3 rings (SSSR count). The van der Waals surface area contributed by atoms with Gasteiger partial charge in [0.25, 0.3) is 0 Å². The molecule has 0 atom stereocenters. The molecule has 0 radical (unpaired) electrons. The molecule has 0 aliphatic carbocycles. The first kappa shape index (κ1) is 13.0. The van der Waals surface area contributed by atoms with Gasteiger partial charge in [0.05, 0.1) is 17.3 Å². The molecule has 2 N–H and O–H groups in total. The molecule has 0 aliphatic heterocycles. The smallest absolute Gasteiger partial charge is 0.187 e. The van der Waals surface area contributed by atoms with E-state index >= 15 is 0 Å². The highest BCUT2D eigenvalue weighted by atomic mass is 15.5. The summed E-state index contributed by atoms with van der Waals surface area (Å²) in [4.78, 5) is 0. The average Bonchev–Trinajstić information content (AvgIpc) is 3.04. The zero-order valence-electron chi connectivity index (χ0n) is 11.1. The van der Waals surface area contributed by atoms with Crippen LogP contribution in [0.5, 0.6) is 0 Å². The molecule has 102 valence electrons. The summed E-state index contributed by atoms with van der Waals surface area (Å²) in [6.07, 6.45) is 0. The lowest BCUT2D eigenvalue weighted by Crippen LogP contribution is -2.01. The van der Waals surface area contributed by atoms with Gasteiger partial charge < -0.3 is 5.73 Å². The summed E-state index contributed by atoms with van der Waals surface area (Å²) < 4.78 is 1.61. The van der Waals surface area contributed by atoms with Crippen LogP contribution in [0.3, 0.4) is 0 Å². The molecule has 0 unspecified atom stereocenters. The Labute approximate surface area is 121 Å². The van der Waals surface area contributed by atoms with E-state index in [2.05, 4.69) is 21.6 Å². The lowest BCUT2D eigenvalue weighted by atomic mass is 10.1. The van der Waals surface area contributed by atoms with Gasteiger partial charge in [-0.2, -0.15) is 9.94 Å². The molecule has 6 heteroatoms. The van der Waals surface area contributed by atoms with Gasteiger partial charge in [-0.25, -0.2) is 0 Å². The standard InChI is InChI=1S/C15H12N6/c16-9-11-4-6-13(7-5-11)15-18-19-20-21(15)14-3-1-2-12(8-14)10-17/h1-8H,9,16H2. The van der Waals surface area contributed by atoms with Crippen LogP contribution in [0.2, 0.25) is 0 Å². The monoisotopic (exact) mass is 276 g/mol. The number of nitrogens with zero attached hydrogens (tertiary/aromatic N) is 5. The molecule has 1 aromatic heterocycles. The molecule has 1 heterocycles. The Hall–Kier alpha value is -3.04. The number of hydrogen-bond acceptors (Lipinski definition) is 5. The van der Waals surface area contributed by atoms with Crippen LogP contribution in [-0.4, -0.2) is 20.2 Å². The van der Waals surface area contributed by atoms with Gasteiger partial charge in [0.1, 0.15) is 0 Å². The molecule has 2 aromatic carbocycles. The summed E-state index contributed by atoms with van der Waals surface area (Å²) in [6, 6.07) is 17.0. The van der Waals surface area contributed by atoms with Crippen molar-refractivity contribution < 1.29 is 0 Å². The van der Waals surface area contributed by atoms with Crippen molar-refractivity contribution >= 4 is 0 Å². The van der Waals surface area contributed by atoms with Crippen LogP contribution in [0.1, 0.15) is 11.1 Å². The first-order valence-electron chi connectivity index (χ1n) is 6.40. The fourth-order valence-electron chi connectivity index (χ4n) is 2.04.